The number of carboxylic acids is 1. The van der Waals surface area contributed by atoms with Gasteiger partial charge >= 0.3 is 5.97 Å². The molecule has 0 saturated heterocycles. The van der Waals surface area contributed by atoms with Crippen LogP contribution < -0.4 is 5.32 Å². The zero-order chi connectivity index (χ0) is 14.5. The Kier molecular flexibility index (Phi) is 5.03. The van der Waals surface area contributed by atoms with Crippen molar-refractivity contribution in [2.45, 2.75) is 18.2 Å². The molecular weight excluding hydrogens is 292 g/mol. The van der Waals surface area contributed by atoms with E-state index < -0.39 is 5.97 Å². The third-order valence-electron chi connectivity index (χ3n) is 2.78. The average molecular weight is 308 g/mol. The maximum atomic E-state index is 11.4. The van der Waals surface area contributed by atoms with Gasteiger partial charge in [-0.15, -0.1) is 23.1 Å². The molecule has 1 aromatic heterocycles. The van der Waals surface area contributed by atoms with Gasteiger partial charge in [-0.05, 0) is 25.3 Å². The molecule has 0 saturated carbocycles. The highest BCUT2D eigenvalue weighted by Crippen LogP contribution is 2.27. The zero-order valence-corrected chi connectivity index (χ0v) is 13.0. The highest BCUT2D eigenvalue weighted by molar-refractivity contribution is 7.98. The summed E-state index contributed by atoms with van der Waals surface area (Å²) >= 11 is 3.07. The van der Waals surface area contributed by atoms with Crippen molar-refractivity contribution in [2.75, 3.05) is 18.1 Å². The van der Waals surface area contributed by atoms with Crippen molar-refractivity contribution in [1.29, 1.82) is 0 Å². The number of thioether (sulfide) groups is 1. The topological polar surface area (TPSA) is 62.2 Å². The van der Waals surface area contributed by atoms with Crippen LogP contribution >= 0.6 is 23.1 Å². The van der Waals surface area contributed by atoms with Crippen molar-refractivity contribution in [1.82, 2.24) is 4.98 Å². The molecule has 0 aliphatic rings. The molecule has 0 aliphatic carbocycles. The second-order valence-corrected chi connectivity index (χ2v) is 6.04. The Bertz CT molecular complexity index is 611. The quantitative estimate of drug-likeness (QED) is 0.799. The van der Waals surface area contributed by atoms with Gasteiger partial charge in [0.05, 0.1) is 10.6 Å². The fraction of sp³-hybridized carbons (Fsp3) is 0.286. The first-order valence-electron chi connectivity index (χ1n) is 6.17. The van der Waals surface area contributed by atoms with Crippen LogP contribution in [0.1, 0.15) is 21.1 Å². The minimum atomic E-state index is -0.900. The number of hydrogen-bond acceptors (Lipinski definition) is 5. The van der Waals surface area contributed by atoms with Crippen molar-refractivity contribution >= 4 is 34.8 Å². The molecule has 0 radical (unpaired) electrons. The Morgan fingerprint density at radius 3 is 2.90 bits per heavy atom. The molecule has 0 aliphatic heterocycles. The van der Waals surface area contributed by atoms with Gasteiger partial charge in [-0.2, -0.15) is 0 Å². The highest BCUT2D eigenvalue weighted by atomic mass is 32.2. The number of rotatable bonds is 6. The first-order chi connectivity index (χ1) is 9.61. The van der Waals surface area contributed by atoms with Gasteiger partial charge < -0.3 is 10.4 Å². The van der Waals surface area contributed by atoms with Crippen molar-refractivity contribution in [3.8, 4) is 0 Å². The Labute approximate surface area is 126 Å². The van der Waals surface area contributed by atoms with Gasteiger partial charge in [0.15, 0.2) is 0 Å². The maximum Gasteiger partial charge on any atom is 0.338 e. The molecule has 0 bridgehead atoms. The van der Waals surface area contributed by atoms with E-state index in [1.165, 1.54) is 11.8 Å². The lowest BCUT2D eigenvalue weighted by Crippen LogP contribution is -2.10. The first-order valence-corrected chi connectivity index (χ1v) is 8.27. The number of aromatic carboxylic acids is 1. The van der Waals surface area contributed by atoms with E-state index in [2.05, 4.69) is 10.3 Å². The first kappa shape index (κ1) is 14.9. The van der Waals surface area contributed by atoms with Crippen LogP contribution in [0, 0.1) is 6.92 Å². The Balaban J connectivity index is 2.07. The second-order valence-electron chi connectivity index (χ2n) is 4.25. The molecule has 0 amide bonds. The molecule has 1 aromatic carbocycles. The summed E-state index contributed by atoms with van der Waals surface area (Å²) < 4.78 is 0. The number of benzene rings is 1. The van der Waals surface area contributed by atoms with Crippen molar-refractivity contribution in [3.63, 3.8) is 0 Å². The summed E-state index contributed by atoms with van der Waals surface area (Å²) in [5, 5.41) is 15.6. The van der Waals surface area contributed by atoms with Crippen LogP contribution in [-0.4, -0.2) is 28.9 Å². The lowest BCUT2D eigenvalue weighted by molar-refractivity contribution is 0.0694. The average Bonchev–Trinajstić information content (AvgIpc) is 2.83. The van der Waals surface area contributed by atoms with E-state index >= 15 is 0 Å². The van der Waals surface area contributed by atoms with Crippen molar-refractivity contribution in [3.05, 3.63) is 39.8 Å². The summed E-state index contributed by atoms with van der Waals surface area (Å²) in [6, 6.07) is 5.49. The van der Waals surface area contributed by atoms with E-state index in [-0.39, 0.29) is 0 Å². The van der Waals surface area contributed by atoms with E-state index in [1.54, 1.807) is 17.4 Å². The summed E-state index contributed by atoms with van der Waals surface area (Å²) in [6.45, 7) is 2.64. The molecule has 0 fully saturated rings. The fourth-order valence-electron chi connectivity index (χ4n) is 1.89. The number of aromatic nitrogens is 1. The van der Waals surface area contributed by atoms with Gasteiger partial charge in [0, 0.05) is 34.6 Å². The van der Waals surface area contributed by atoms with Crippen LogP contribution in [-0.2, 0) is 6.42 Å². The monoisotopic (exact) mass is 308 g/mol. The molecule has 6 heteroatoms. The molecule has 4 nitrogen and oxygen atoms in total. The molecule has 2 aromatic rings. The lowest BCUT2D eigenvalue weighted by Gasteiger charge is -2.11. The third-order valence-corrected chi connectivity index (χ3v) is 4.59. The summed E-state index contributed by atoms with van der Waals surface area (Å²) in [5.41, 5.74) is 2.04. The smallest absolute Gasteiger partial charge is 0.338 e. The van der Waals surface area contributed by atoms with Crippen molar-refractivity contribution < 1.29 is 9.90 Å². The van der Waals surface area contributed by atoms with Gasteiger partial charge in [-0.25, -0.2) is 9.78 Å². The predicted octanol–water partition coefficient (Wildman–Crippen LogP) is 3.53. The number of nitrogens with one attached hydrogen (secondary N) is 1. The Morgan fingerprint density at radius 1 is 1.50 bits per heavy atom. The SMILES string of the molecule is CSc1cccc(NCCc2nc(C)cs2)c1C(=O)O. The summed E-state index contributed by atoms with van der Waals surface area (Å²) in [5.74, 6) is -0.900. The number of aryl methyl sites for hydroxylation is 1. The standard InChI is InChI=1S/C14H16N2O2S2/c1-9-8-20-12(16-9)6-7-15-10-4-3-5-11(19-2)13(10)14(17)18/h3-5,8,15H,6-7H2,1-2H3,(H,17,18). The molecule has 2 N–H and O–H groups in total. The number of hydrogen-bond donors (Lipinski definition) is 2. The number of carbonyl (C=O) groups is 1. The number of carboxylic acid groups (broad SMARTS) is 1. The second kappa shape index (κ2) is 6.76. The highest BCUT2D eigenvalue weighted by Gasteiger charge is 2.14. The van der Waals surface area contributed by atoms with Crippen LogP contribution in [0.5, 0.6) is 0 Å². The largest absolute Gasteiger partial charge is 0.478 e. The Morgan fingerprint density at radius 2 is 2.30 bits per heavy atom. The summed E-state index contributed by atoms with van der Waals surface area (Å²) in [7, 11) is 0. The molecule has 0 unspecified atom stereocenters. The fourth-order valence-corrected chi connectivity index (χ4v) is 3.28. The van der Waals surface area contributed by atoms with Crippen LogP contribution in [0.2, 0.25) is 0 Å². The summed E-state index contributed by atoms with van der Waals surface area (Å²) in [4.78, 5) is 16.5. The molecule has 0 atom stereocenters. The van der Waals surface area contributed by atoms with Gasteiger partial charge in [0.1, 0.15) is 0 Å². The van der Waals surface area contributed by atoms with Crippen molar-refractivity contribution in [2.24, 2.45) is 0 Å². The molecule has 1 heterocycles. The van der Waals surface area contributed by atoms with Gasteiger partial charge in [-0.1, -0.05) is 6.07 Å². The maximum absolute atomic E-state index is 11.4. The van der Waals surface area contributed by atoms with E-state index in [4.69, 9.17) is 0 Å². The summed E-state index contributed by atoms with van der Waals surface area (Å²) in [6.07, 6.45) is 2.67. The lowest BCUT2D eigenvalue weighted by atomic mass is 10.1. The van der Waals surface area contributed by atoms with Gasteiger partial charge in [-0.3, -0.25) is 0 Å². The van der Waals surface area contributed by atoms with Crippen LogP contribution in [0.15, 0.2) is 28.5 Å². The zero-order valence-electron chi connectivity index (χ0n) is 11.3. The van der Waals surface area contributed by atoms with E-state index in [0.29, 0.717) is 17.8 Å². The minimum absolute atomic E-state index is 0.343. The van der Waals surface area contributed by atoms with E-state index in [1.807, 2.05) is 30.7 Å². The minimum Gasteiger partial charge on any atom is -0.478 e. The van der Waals surface area contributed by atoms with Crippen LogP contribution in [0.25, 0.3) is 0 Å². The van der Waals surface area contributed by atoms with Gasteiger partial charge in [0.25, 0.3) is 0 Å². The number of nitrogens with zero attached hydrogens (tertiary/aromatic N) is 1. The molecule has 0 spiro atoms. The molecule has 106 valence electrons. The predicted molar refractivity (Wildman–Crippen MR) is 84.2 cm³/mol. The van der Waals surface area contributed by atoms with Crippen LogP contribution in [0.4, 0.5) is 5.69 Å². The molecular formula is C14H16N2O2S2. The normalized spacial score (nSPS) is 10.5. The van der Waals surface area contributed by atoms with Crippen LogP contribution in [0.3, 0.4) is 0 Å². The molecule has 20 heavy (non-hydrogen) atoms. The third kappa shape index (κ3) is 3.52. The van der Waals surface area contributed by atoms with E-state index in [9.17, 15) is 9.90 Å². The van der Waals surface area contributed by atoms with Gasteiger partial charge in [0.2, 0.25) is 0 Å². The molecule has 2 rings (SSSR count). The van der Waals surface area contributed by atoms with E-state index in [0.717, 1.165) is 22.0 Å². The number of thiazole rings is 1. The number of anilines is 1. The Hall–Kier alpha value is -1.53.